The maximum Gasteiger partial charge on any atom is 0.134 e. The van der Waals surface area contributed by atoms with Gasteiger partial charge in [0.2, 0.25) is 0 Å². The first kappa shape index (κ1) is 20.6. The van der Waals surface area contributed by atoms with Gasteiger partial charge in [0.05, 0.1) is 0 Å². The number of aryl methyl sites for hydroxylation is 1. The Balaban J connectivity index is 1.47. The van der Waals surface area contributed by atoms with Gasteiger partial charge in [0.1, 0.15) is 5.82 Å². The van der Waals surface area contributed by atoms with Crippen LogP contribution in [0.3, 0.4) is 0 Å². The number of halogens is 1. The van der Waals surface area contributed by atoms with Crippen molar-refractivity contribution in [3.63, 3.8) is 0 Å². The first-order valence-electron chi connectivity index (χ1n) is 12.0. The Labute approximate surface area is 176 Å². The lowest BCUT2D eigenvalue weighted by molar-refractivity contribution is 0.114. The summed E-state index contributed by atoms with van der Waals surface area (Å²) in [5, 5.41) is 1.86. The number of fused-ring (bicyclic) bond motifs is 2. The van der Waals surface area contributed by atoms with Crippen molar-refractivity contribution in [2.75, 3.05) is 0 Å². The van der Waals surface area contributed by atoms with Crippen LogP contribution in [0.15, 0.2) is 42.5 Å². The van der Waals surface area contributed by atoms with Crippen LogP contribution in [0.1, 0.15) is 88.7 Å². The fourth-order valence-electron chi connectivity index (χ4n) is 6.17. The largest absolute Gasteiger partial charge is 0.206 e. The second-order valence-corrected chi connectivity index (χ2v) is 9.62. The Kier molecular flexibility index (Phi) is 6.73. The Morgan fingerprint density at radius 3 is 2.66 bits per heavy atom. The van der Waals surface area contributed by atoms with Crippen molar-refractivity contribution < 1.29 is 4.39 Å². The van der Waals surface area contributed by atoms with Gasteiger partial charge in [-0.25, -0.2) is 4.39 Å². The summed E-state index contributed by atoms with van der Waals surface area (Å²) in [6.45, 7) is 4.35. The van der Waals surface area contributed by atoms with Crippen molar-refractivity contribution in [2.45, 2.75) is 84.0 Å². The molecule has 0 heterocycles. The zero-order chi connectivity index (χ0) is 20.2. The van der Waals surface area contributed by atoms with Crippen LogP contribution in [0, 0.1) is 23.6 Å². The van der Waals surface area contributed by atoms with E-state index in [1.165, 1.54) is 56.9 Å². The highest BCUT2D eigenvalue weighted by Crippen LogP contribution is 2.48. The van der Waals surface area contributed by atoms with Crippen molar-refractivity contribution in [3.8, 4) is 0 Å². The predicted molar refractivity (Wildman–Crippen MR) is 123 cm³/mol. The fraction of sp³-hybridized carbons (Fsp3) is 0.571. The third kappa shape index (κ3) is 4.60. The quantitative estimate of drug-likeness (QED) is 0.432. The highest BCUT2D eigenvalue weighted by atomic mass is 19.1. The summed E-state index contributed by atoms with van der Waals surface area (Å²) in [5.74, 6) is 3.53. The molecule has 2 aliphatic carbocycles. The molecule has 0 radical (unpaired) electrons. The molecule has 4 unspecified atom stereocenters. The molecule has 2 saturated carbocycles. The van der Waals surface area contributed by atoms with Gasteiger partial charge >= 0.3 is 0 Å². The van der Waals surface area contributed by atoms with E-state index >= 15 is 0 Å². The van der Waals surface area contributed by atoms with E-state index in [0.717, 1.165) is 46.9 Å². The maximum absolute atomic E-state index is 15.0. The Morgan fingerprint density at radius 2 is 1.83 bits per heavy atom. The summed E-state index contributed by atoms with van der Waals surface area (Å²) < 4.78 is 15.0. The Morgan fingerprint density at radius 1 is 1.00 bits per heavy atom. The van der Waals surface area contributed by atoms with Crippen LogP contribution in [-0.2, 0) is 6.42 Å². The zero-order valence-electron chi connectivity index (χ0n) is 18.3. The van der Waals surface area contributed by atoms with E-state index in [0.29, 0.717) is 5.92 Å². The van der Waals surface area contributed by atoms with Gasteiger partial charge in [0, 0.05) is 5.39 Å². The molecular formula is C28H37F. The van der Waals surface area contributed by atoms with Crippen LogP contribution < -0.4 is 0 Å². The molecule has 0 N–H and O–H groups in total. The highest BCUT2D eigenvalue weighted by Gasteiger charge is 2.35. The lowest BCUT2D eigenvalue weighted by Crippen LogP contribution is -2.30. The molecule has 0 spiro atoms. The van der Waals surface area contributed by atoms with Crippen LogP contribution in [0.2, 0.25) is 0 Å². The van der Waals surface area contributed by atoms with E-state index in [1.54, 1.807) is 0 Å². The normalized spacial score (nSPS) is 27.4. The molecule has 0 aromatic heterocycles. The summed E-state index contributed by atoms with van der Waals surface area (Å²) in [4.78, 5) is 0. The van der Waals surface area contributed by atoms with Gasteiger partial charge in [0.25, 0.3) is 0 Å². The van der Waals surface area contributed by atoms with Crippen LogP contribution >= 0.6 is 0 Å². The Hall–Kier alpha value is -1.63. The molecule has 0 aliphatic heterocycles. The van der Waals surface area contributed by atoms with Crippen molar-refractivity contribution >= 4 is 10.8 Å². The SMILES string of the molecule is CC=CCCc1ccc2cc(C3CCC4CC(CCC)CCC4C3)ccc2c1F. The molecule has 2 fully saturated rings. The second kappa shape index (κ2) is 9.45. The summed E-state index contributed by atoms with van der Waals surface area (Å²) in [5.41, 5.74) is 2.28. The molecule has 0 saturated heterocycles. The molecule has 156 valence electrons. The molecule has 2 aromatic carbocycles. The van der Waals surface area contributed by atoms with E-state index in [1.807, 2.05) is 25.1 Å². The summed E-state index contributed by atoms with van der Waals surface area (Å²) in [6, 6.07) is 10.7. The van der Waals surface area contributed by atoms with Crippen molar-refractivity contribution in [1.29, 1.82) is 0 Å². The van der Waals surface area contributed by atoms with Crippen LogP contribution in [0.4, 0.5) is 4.39 Å². The number of rotatable bonds is 6. The third-order valence-electron chi connectivity index (χ3n) is 7.76. The molecule has 0 bridgehead atoms. The molecule has 2 aromatic rings. The average Bonchev–Trinajstić information content (AvgIpc) is 2.75. The van der Waals surface area contributed by atoms with Gasteiger partial charge in [-0.2, -0.15) is 0 Å². The molecule has 4 atom stereocenters. The molecule has 0 amide bonds. The predicted octanol–water partition coefficient (Wildman–Crippen LogP) is 8.59. The van der Waals surface area contributed by atoms with E-state index in [4.69, 9.17) is 0 Å². The van der Waals surface area contributed by atoms with E-state index < -0.39 is 0 Å². The standard InChI is InChI=1S/C28H37F/c1-3-5-6-8-21-11-14-26-19-25(15-16-27(26)28(21)29)24-13-12-22-17-20(7-4-2)9-10-23(22)18-24/h3,5,11,14-16,19-20,22-24H,4,6-10,12-13,17-18H2,1-2H3. The first-order valence-corrected chi connectivity index (χ1v) is 12.0. The van der Waals surface area contributed by atoms with Gasteiger partial charge in [-0.3, -0.25) is 0 Å². The van der Waals surface area contributed by atoms with Gasteiger partial charge in [0.15, 0.2) is 0 Å². The van der Waals surface area contributed by atoms with Gasteiger partial charge in [-0.1, -0.05) is 68.7 Å². The van der Waals surface area contributed by atoms with E-state index in [-0.39, 0.29) is 5.82 Å². The number of benzene rings is 2. The summed E-state index contributed by atoms with van der Waals surface area (Å²) >= 11 is 0. The topological polar surface area (TPSA) is 0 Å². The maximum atomic E-state index is 15.0. The monoisotopic (exact) mass is 392 g/mol. The summed E-state index contributed by atoms with van der Waals surface area (Å²) in [6.07, 6.45) is 17.0. The summed E-state index contributed by atoms with van der Waals surface area (Å²) in [7, 11) is 0. The fourth-order valence-corrected chi connectivity index (χ4v) is 6.17. The highest BCUT2D eigenvalue weighted by molar-refractivity contribution is 5.84. The minimum Gasteiger partial charge on any atom is -0.206 e. The Bertz CT molecular complexity index is 849. The van der Waals surface area contributed by atoms with Gasteiger partial charge in [-0.15, -0.1) is 0 Å². The molecule has 0 nitrogen and oxygen atoms in total. The number of hydrogen-bond donors (Lipinski definition) is 0. The van der Waals surface area contributed by atoms with Crippen LogP contribution in [-0.4, -0.2) is 0 Å². The van der Waals surface area contributed by atoms with E-state index in [2.05, 4.69) is 31.2 Å². The van der Waals surface area contributed by atoms with Crippen molar-refractivity contribution in [2.24, 2.45) is 17.8 Å². The lowest BCUT2D eigenvalue weighted by atomic mass is 9.63. The lowest BCUT2D eigenvalue weighted by Gasteiger charge is -2.42. The molecule has 4 rings (SSSR count). The number of allylic oxidation sites excluding steroid dienone is 2. The molecule has 29 heavy (non-hydrogen) atoms. The van der Waals surface area contributed by atoms with Crippen LogP contribution in [0.5, 0.6) is 0 Å². The smallest absolute Gasteiger partial charge is 0.134 e. The third-order valence-corrected chi connectivity index (χ3v) is 7.76. The minimum absolute atomic E-state index is 0.0171. The molecule has 1 heteroatoms. The average molecular weight is 393 g/mol. The van der Waals surface area contributed by atoms with Crippen LogP contribution in [0.25, 0.3) is 10.8 Å². The molecule has 2 aliphatic rings. The minimum atomic E-state index is -0.0171. The van der Waals surface area contributed by atoms with Gasteiger partial charge in [-0.05, 0) is 92.1 Å². The molecular weight excluding hydrogens is 355 g/mol. The number of hydrogen-bond acceptors (Lipinski definition) is 0. The first-order chi connectivity index (χ1) is 14.2. The van der Waals surface area contributed by atoms with Gasteiger partial charge < -0.3 is 0 Å². The van der Waals surface area contributed by atoms with E-state index in [9.17, 15) is 4.39 Å². The van der Waals surface area contributed by atoms with Crippen molar-refractivity contribution in [3.05, 3.63) is 59.4 Å². The zero-order valence-corrected chi connectivity index (χ0v) is 18.3. The van der Waals surface area contributed by atoms with Crippen molar-refractivity contribution in [1.82, 2.24) is 0 Å². The second-order valence-electron chi connectivity index (χ2n) is 9.62.